The Morgan fingerprint density at radius 3 is 2.71 bits per heavy atom. The molecule has 1 fully saturated rings. The van der Waals surface area contributed by atoms with Crippen LogP contribution in [0.2, 0.25) is 0 Å². The SMILES string of the molecule is CNCC1CCCCN1S(=O)(=O)Nc1ccc(C)cc1C. The van der Waals surface area contributed by atoms with Gasteiger partial charge in [-0.05, 0) is 45.4 Å². The van der Waals surface area contributed by atoms with Crippen molar-refractivity contribution in [2.45, 2.75) is 39.2 Å². The van der Waals surface area contributed by atoms with Crippen molar-refractivity contribution in [1.29, 1.82) is 0 Å². The Labute approximate surface area is 127 Å². The minimum atomic E-state index is -3.50. The van der Waals surface area contributed by atoms with Gasteiger partial charge in [0.05, 0.1) is 5.69 Å². The number of hydrogen-bond acceptors (Lipinski definition) is 3. The molecule has 0 spiro atoms. The van der Waals surface area contributed by atoms with Crippen molar-refractivity contribution in [3.63, 3.8) is 0 Å². The summed E-state index contributed by atoms with van der Waals surface area (Å²) in [6.45, 7) is 5.20. The number of anilines is 1. The van der Waals surface area contributed by atoms with Gasteiger partial charge in [-0.2, -0.15) is 12.7 Å². The van der Waals surface area contributed by atoms with Crippen LogP contribution in [0.25, 0.3) is 0 Å². The lowest BCUT2D eigenvalue weighted by molar-refractivity contribution is 0.250. The van der Waals surface area contributed by atoms with E-state index in [1.807, 2.05) is 39.1 Å². The second kappa shape index (κ2) is 6.77. The fourth-order valence-electron chi connectivity index (χ4n) is 2.86. The molecule has 1 atom stereocenters. The fraction of sp³-hybridized carbons (Fsp3) is 0.600. The minimum absolute atomic E-state index is 0.0343. The van der Waals surface area contributed by atoms with Crippen LogP contribution in [0.5, 0.6) is 0 Å². The monoisotopic (exact) mass is 311 g/mol. The summed E-state index contributed by atoms with van der Waals surface area (Å²) in [5.41, 5.74) is 2.73. The fourth-order valence-corrected chi connectivity index (χ4v) is 4.42. The van der Waals surface area contributed by atoms with Crippen LogP contribution in [0.3, 0.4) is 0 Å². The van der Waals surface area contributed by atoms with Gasteiger partial charge in [-0.1, -0.05) is 24.1 Å². The smallest absolute Gasteiger partial charge is 0.301 e. The van der Waals surface area contributed by atoms with Crippen molar-refractivity contribution in [3.8, 4) is 0 Å². The maximum absolute atomic E-state index is 12.7. The predicted octanol–water partition coefficient (Wildman–Crippen LogP) is 2.03. The van der Waals surface area contributed by atoms with Crippen molar-refractivity contribution in [3.05, 3.63) is 29.3 Å². The number of piperidine rings is 1. The van der Waals surface area contributed by atoms with Crippen molar-refractivity contribution in [2.75, 3.05) is 24.9 Å². The molecule has 6 heteroatoms. The van der Waals surface area contributed by atoms with Crippen LogP contribution in [0, 0.1) is 13.8 Å². The van der Waals surface area contributed by atoms with E-state index in [1.165, 1.54) is 0 Å². The van der Waals surface area contributed by atoms with Gasteiger partial charge in [0.1, 0.15) is 0 Å². The zero-order valence-corrected chi connectivity index (χ0v) is 13.8. The van der Waals surface area contributed by atoms with Gasteiger partial charge in [0.15, 0.2) is 0 Å². The normalized spacial score (nSPS) is 20.4. The summed E-state index contributed by atoms with van der Waals surface area (Å²) in [6.07, 6.45) is 2.92. The molecule has 0 bridgehead atoms. The highest BCUT2D eigenvalue weighted by atomic mass is 32.2. The van der Waals surface area contributed by atoms with Crippen LogP contribution in [0.1, 0.15) is 30.4 Å². The highest BCUT2D eigenvalue weighted by Gasteiger charge is 2.32. The van der Waals surface area contributed by atoms with Gasteiger partial charge in [-0.3, -0.25) is 4.72 Å². The molecule has 1 saturated heterocycles. The zero-order chi connectivity index (χ0) is 15.5. The summed E-state index contributed by atoms with van der Waals surface area (Å²) in [5.74, 6) is 0. The molecule has 0 radical (unpaired) electrons. The quantitative estimate of drug-likeness (QED) is 0.875. The maximum Gasteiger partial charge on any atom is 0.301 e. The van der Waals surface area contributed by atoms with Crippen LogP contribution >= 0.6 is 0 Å². The number of likely N-dealkylation sites (N-methyl/N-ethyl adjacent to an activating group) is 1. The van der Waals surface area contributed by atoms with E-state index in [0.717, 1.165) is 30.4 Å². The molecule has 1 aromatic carbocycles. The summed E-state index contributed by atoms with van der Waals surface area (Å²) in [7, 11) is -1.64. The summed E-state index contributed by atoms with van der Waals surface area (Å²) >= 11 is 0. The minimum Gasteiger partial charge on any atom is -0.318 e. The van der Waals surface area contributed by atoms with Gasteiger partial charge in [0.25, 0.3) is 0 Å². The molecule has 1 aromatic rings. The molecule has 118 valence electrons. The first-order chi connectivity index (χ1) is 9.94. The molecule has 21 heavy (non-hydrogen) atoms. The lowest BCUT2D eigenvalue weighted by atomic mass is 10.1. The van der Waals surface area contributed by atoms with Gasteiger partial charge in [0, 0.05) is 19.1 Å². The second-order valence-corrected chi connectivity index (χ2v) is 7.37. The number of rotatable bonds is 5. The van der Waals surface area contributed by atoms with Gasteiger partial charge < -0.3 is 5.32 Å². The van der Waals surface area contributed by atoms with E-state index in [-0.39, 0.29) is 6.04 Å². The molecular formula is C15H25N3O2S. The lowest BCUT2D eigenvalue weighted by Gasteiger charge is -2.34. The average molecular weight is 311 g/mol. The van der Waals surface area contributed by atoms with E-state index in [0.29, 0.717) is 18.8 Å². The first kappa shape index (κ1) is 16.3. The summed E-state index contributed by atoms with van der Waals surface area (Å²) in [6, 6.07) is 5.77. The topological polar surface area (TPSA) is 61.4 Å². The first-order valence-corrected chi connectivity index (χ1v) is 8.89. The van der Waals surface area contributed by atoms with E-state index in [4.69, 9.17) is 0 Å². The van der Waals surface area contributed by atoms with Crippen LogP contribution in [0.15, 0.2) is 18.2 Å². The third-order valence-corrected chi connectivity index (χ3v) is 5.52. The number of benzene rings is 1. The molecular weight excluding hydrogens is 286 g/mol. The average Bonchev–Trinajstić information content (AvgIpc) is 2.43. The summed E-state index contributed by atoms with van der Waals surface area (Å²) < 4.78 is 29.7. The first-order valence-electron chi connectivity index (χ1n) is 7.45. The number of nitrogens with zero attached hydrogens (tertiary/aromatic N) is 1. The summed E-state index contributed by atoms with van der Waals surface area (Å²) in [5, 5.41) is 3.09. The second-order valence-electron chi connectivity index (χ2n) is 5.74. The van der Waals surface area contributed by atoms with E-state index in [1.54, 1.807) is 4.31 Å². The van der Waals surface area contributed by atoms with Gasteiger partial charge in [-0.15, -0.1) is 0 Å². The molecule has 0 amide bonds. The largest absolute Gasteiger partial charge is 0.318 e. The Bertz CT molecular complexity index is 585. The van der Waals surface area contributed by atoms with Crippen molar-refractivity contribution in [1.82, 2.24) is 9.62 Å². The Balaban J connectivity index is 2.20. The Morgan fingerprint density at radius 2 is 2.05 bits per heavy atom. The highest BCUT2D eigenvalue weighted by Crippen LogP contribution is 2.23. The van der Waals surface area contributed by atoms with Crippen LogP contribution < -0.4 is 10.0 Å². The van der Waals surface area contributed by atoms with Crippen molar-refractivity contribution in [2.24, 2.45) is 0 Å². The van der Waals surface area contributed by atoms with Crippen LogP contribution in [-0.4, -0.2) is 38.9 Å². The maximum atomic E-state index is 12.7. The van der Waals surface area contributed by atoms with Gasteiger partial charge >= 0.3 is 10.2 Å². The van der Waals surface area contributed by atoms with E-state index >= 15 is 0 Å². The predicted molar refractivity (Wildman–Crippen MR) is 86.7 cm³/mol. The molecule has 2 rings (SSSR count). The molecule has 2 N–H and O–H groups in total. The molecule has 1 aliphatic heterocycles. The number of aryl methyl sites for hydroxylation is 2. The van der Waals surface area contributed by atoms with E-state index < -0.39 is 10.2 Å². The molecule has 5 nitrogen and oxygen atoms in total. The molecule has 1 aliphatic rings. The van der Waals surface area contributed by atoms with E-state index in [2.05, 4.69) is 10.0 Å². The Morgan fingerprint density at radius 1 is 1.29 bits per heavy atom. The third kappa shape index (κ3) is 3.96. The molecule has 0 aliphatic carbocycles. The highest BCUT2D eigenvalue weighted by molar-refractivity contribution is 7.90. The molecule has 1 heterocycles. The Kier molecular flexibility index (Phi) is 5.24. The zero-order valence-electron chi connectivity index (χ0n) is 13.0. The van der Waals surface area contributed by atoms with E-state index in [9.17, 15) is 8.42 Å². The standard InChI is InChI=1S/C15H25N3O2S/c1-12-7-8-15(13(2)10-12)17-21(19,20)18-9-5-4-6-14(18)11-16-3/h7-8,10,14,16-17H,4-6,9,11H2,1-3H3. The van der Waals surface area contributed by atoms with Gasteiger partial charge in [0.2, 0.25) is 0 Å². The van der Waals surface area contributed by atoms with Crippen LogP contribution in [-0.2, 0) is 10.2 Å². The van der Waals surface area contributed by atoms with Crippen molar-refractivity contribution >= 4 is 15.9 Å². The molecule has 1 unspecified atom stereocenters. The summed E-state index contributed by atoms with van der Waals surface area (Å²) in [4.78, 5) is 0. The molecule has 0 aromatic heterocycles. The number of nitrogens with one attached hydrogen (secondary N) is 2. The van der Waals surface area contributed by atoms with Crippen molar-refractivity contribution < 1.29 is 8.42 Å². The Hall–Kier alpha value is -1.11. The third-order valence-electron chi connectivity index (χ3n) is 3.94. The molecule has 0 saturated carbocycles. The number of hydrogen-bond donors (Lipinski definition) is 2. The lowest BCUT2D eigenvalue weighted by Crippen LogP contribution is -2.50. The van der Waals surface area contributed by atoms with Crippen LogP contribution in [0.4, 0.5) is 5.69 Å². The van der Waals surface area contributed by atoms with Gasteiger partial charge in [-0.25, -0.2) is 0 Å².